The Morgan fingerprint density at radius 3 is 2.62 bits per heavy atom. The molecular weight excluding hydrogens is 264 g/mol. The molecule has 0 saturated heterocycles. The lowest BCUT2D eigenvalue weighted by Gasteiger charge is -2.41. The number of fused-ring (bicyclic) bond motifs is 1. The molecule has 1 aromatic rings. The van der Waals surface area contributed by atoms with Gasteiger partial charge in [0.05, 0.1) is 5.69 Å². The summed E-state index contributed by atoms with van der Waals surface area (Å²) in [5.74, 6) is 0.806. The van der Waals surface area contributed by atoms with Gasteiger partial charge in [0.15, 0.2) is 5.60 Å². The van der Waals surface area contributed by atoms with Crippen molar-refractivity contribution in [1.29, 1.82) is 0 Å². The maximum absolute atomic E-state index is 12.6. The highest BCUT2D eigenvalue weighted by molar-refractivity contribution is 6.02. The first kappa shape index (κ1) is 15.8. The molecule has 2 rings (SSSR count). The number of carbonyl (C=O) groups excluding carboxylic acids is 1. The third-order valence-corrected chi connectivity index (χ3v) is 3.82. The molecule has 0 unspecified atom stereocenters. The van der Waals surface area contributed by atoms with Crippen LogP contribution in [0.5, 0.6) is 5.75 Å². The van der Waals surface area contributed by atoms with E-state index in [0.717, 1.165) is 37.2 Å². The van der Waals surface area contributed by atoms with Crippen LogP contribution in [-0.4, -0.2) is 24.1 Å². The molecule has 0 aromatic heterocycles. The van der Waals surface area contributed by atoms with Crippen molar-refractivity contribution >= 4 is 11.6 Å². The first-order chi connectivity index (χ1) is 9.86. The van der Waals surface area contributed by atoms with Crippen LogP contribution in [0.2, 0.25) is 0 Å². The molecule has 1 aliphatic rings. The summed E-state index contributed by atoms with van der Waals surface area (Å²) in [6, 6.07) is 6.26. The second kappa shape index (κ2) is 6.06. The number of aryl methyl sites for hydroxylation is 1. The van der Waals surface area contributed by atoms with Gasteiger partial charge in [-0.15, -0.1) is 0 Å². The Morgan fingerprint density at radius 1 is 1.29 bits per heavy atom. The van der Waals surface area contributed by atoms with Crippen molar-refractivity contribution in [2.45, 2.75) is 58.6 Å². The van der Waals surface area contributed by atoms with Crippen LogP contribution in [0.3, 0.4) is 0 Å². The molecular formula is C17H26N2O2. The third-order valence-electron chi connectivity index (χ3n) is 3.82. The summed E-state index contributed by atoms with van der Waals surface area (Å²) in [6.45, 7) is 8.43. The number of benzene rings is 1. The van der Waals surface area contributed by atoms with Gasteiger partial charge in [-0.3, -0.25) is 4.79 Å². The summed E-state index contributed by atoms with van der Waals surface area (Å²) >= 11 is 0. The average Bonchev–Trinajstić information content (AvgIpc) is 2.40. The Kier molecular flexibility index (Phi) is 4.57. The number of nitrogens with two attached hydrogens (primary N) is 1. The summed E-state index contributed by atoms with van der Waals surface area (Å²) in [5.41, 5.74) is 6.85. The molecule has 21 heavy (non-hydrogen) atoms. The minimum atomic E-state index is -0.807. The monoisotopic (exact) mass is 290 g/mol. The maximum Gasteiger partial charge on any atom is 0.270 e. The number of nitrogens with zero attached hydrogens (tertiary/aromatic N) is 1. The first-order valence-electron chi connectivity index (χ1n) is 7.72. The maximum atomic E-state index is 12.6. The highest BCUT2D eigenvalue weighted by Crippen LogP contribution is 2.39. The van der Waals surface area contributed by atoms with Crippen LogP contribution >= 0.6 is 0 Å². The molecule has 1 heterocycles. The molecule has 2 N–H and O–H groups in total. The number of amides is 1. The smallest absolute Gasteiger partial charge is 0.270 e. The summed E-state index contributed by atoms with van der Waals surface area (Å²) in [5, 5.41) is 0. The molecule has 0 fully saturated rings. The van der Waals surface area contributed by atoms with Gasteiger partial charge in [-0.1, -0.05) is 6.07 Å². The molecule has 0 spiro atoms. The highest BCUT2D eigenvalue weighted by Gasteiger charge is 2.41. The largest absolute Gasteiger partial charge is 0.476 e. The van der Waals surface area contributed by atoms with Crippen molar-refractivity contribution < 1.29 is 9.53 Å². The first-order valence-corrected chi connectivity index (χ1v) is 7.72. The second-order valence-corrected chi connectivity index (χ2v) is 6.43. The Bertz CT molecular complexity index is 524. The van der Waals surface area contributed by atoms with Gasteiger partial charge < -0.3 is 15.4 Å². The molecule has 0 saturated carbocycles. The van der Waals surface area contributed by atoms with Crippen molar-refractivity contribution in [3.63, 3.8) is 0 Å². The highest BCUT2D eigenvalue weighted by atomic mass is 16.5. The van der Waals surface area contributed by atoms with Gasteiger partial charge >= 0.3 is 0 Å². The Balaban J connectivity index is 2.34. The van der Waals surface area contributed by atoms with Crippen molar-refractivity contribution in [2.24, 2.45) is 5.73 Å². The normalized spacial score (nSPS) is 16.9. The van der Waals surface area contributed by atoms with Crippen molar-refractivity contribution in [3.05, 3.63) is 23.8 Å². The van der Waals surface area contributed by atoms with Crippen LogP contribution in [0.1, 0.15) is 46.1 Å². The van der Waals surface area contributed by atoms with Gasteiger partial charge in [-0.2, -0.15) is 0 Å². The van der Waals surface area contributed by atoms with Crippen molar-refractivity contribution in [2.75, 3.05) is 11.4 Å². The molecule has 116 valence electrons. The molecule has 1 aromatic carbocycles. The number of unbranched alkanes of at least 4 members (excludes halogenated alkanes) is 1. The summed E-state index contributed by atoms with van der Waals surface area (Å²) < 4.78 is 5.88. The predicted octanol–water partition coefficient (Wildman–Crippen LogP) is 2.88. The zero-order valence-corrected chi connectivity index (χ0v) is 13.5. The lowest BCUT2D eigenvalue weighted by Crippen LogP contribution is -2.54. The molecule has 0 radical (unpaired) electrons. The minimum absolute atomic E-state index is 0.0177. The number of hydrogen-bond donors (Lipinski definition) is 1. The van der Waals surface area contributed by atoms with Gasteiger partial charge in [0.2, 0.25) is 0 Å². The topological polar surface area (TPSA) is 55.6 Å². The molecule has 0 atom stereocenters. The van der Waals surface area contributed by atoms with E-state index in [9.17, 15) is 4.79 Å². The van der Waals surface area contributed by atoms with Gasteiger partial charge in [0, 0.05) is 6.04 Å². The molecule has 0 aliphatic carbocycles. The molecule has 1 aliphatic heterocycles. The summed E-state index contributed by atoms with van der Waals surface area (Å²) in [4.78, 5) is 14.5. The SMILES string of the molecule is CC(C)N1C(=O)C(C)(C)Oc2ccc(CCCCN)cc21. The quantitative estimate of drug-likeness (QED) is 0.848. The van der Waals surface area contributed by atoms with Crippen molar-refractivity contribution in [1.82, 2.24) is 0 Å². The van der Waals surface area contributed by atoms with Crippen LogP contribution in [0, 0.1) is 0 Å². The van der Waals surface area contributed by atoms with E-state index in [2.05, 4.69) is 12.1 Å². The Labute approximate surface area is 127 Å². The second-order valence-electron chi connectivity index (χ2n) is 6.43. The fraction of sp³-hybridized carbons (Fsp3) is 0.588. The van der Waals surface area contributed by atoms with E-state index in [0.29, 0.717) is 0 Å². The number of carbonyl (C=O) groups is 1. The van der Waals surface area contributed by atoms with E-state index >= 15 is 0 Å². The van der Waals surface area contributed by atoms with Crippen LogP contribution in [0.25, 0.3) is 0 Å². The molecule has 4 heteroatoms. The zero-order chi connectivity index (χ0) is 15.6. The summed E-state index contributed by atoms with van der Waals surface area (Å²) in [7, 11) is 0. The van der Waals surface area contributed by atoms with Gasteiger partial charge in [-0.25, -0.2) is 0 Å². The minimum Gasteiger partial charge on any atom is -0.476 e. The van der Waals surface area contributed by atoms with Crippen LogP contribution in [0.4, 0.5) is 5.69 Å². The van der Waals surface area contributed by atoms with E-state index in [-0.39, 0.29) is 11.9 Å². The van der Waals surface area contributed by atoms with E-state index in [1.165, 1.54) is 5.56 Å². The Morgan fingerprint density at radius 2 is 2.00 bits per heavy atom. The lowest BCUT2D eigenvalue weighted by atomic mass is 10.00. The van der Waals surface area contributed by atoms with Crippen LogP contribution in [-0.2, 0) is 11.2 Å². The fourth-order valence-corrected chi connectivity index (χ4v) is 2.70. The average molecular weight is 290 g/mol. The third kappa shape index (κ3) is 3.21. The van der Waals surface area contributed by atoms with Gasteiger partial charge in [0.1, 0.15) is 5.75 Å². The fourth-order valence-electron chi connectivity index (χ4n) is 2.70. The number of anilines is 1. The Hall–Kier alpha value is -1.55. The summed E-state index contributed by atoms with van der Waals surface area (Å²) in [6.07, 6.45) is 3.07. The van der Waals surface area contributed by atoms with Gasteiger partial charge in [-0.05, 0) is 71.2 Å². The molecule has 4 nitrogen and oxygen atoms in total. The zero-order valence-electron chi connectivity index (χ0n) is 13.5. The van der Waals surface area contributed by atoms with Crippen molar-refractivity contribution in [3.8, 4) is 5.75 Å². The van der Waals surface area contributed by atoms with E-state index in [1.54, 1.807) is 0 Å². The predicted molar refractivity (Wildman–Crippen MR) is 85.8 cm³/mol. The number of ether oxygens (including phenoxy) is 1. The lowest BCUT2D eigenvalue weighted by molar-refractivity contribution is -0.133. The number of hydrogen-bond acceptors (Lipinski definition) is 3. The van der Waals surface area contributed by atoms with E-state index < -0.39 is 5.60 Å². The van der Waals surface area contributed by atoms with E-state index in [4.69, 9.17) is 10.5 Å². The van der Waals surface area contributed by atoms with Crippen LogP contribution < -0.4 is 15.4 Å². The molecule has 0 bridgehead atoms. The molecule has 1 amide bonds. The van der Waals surface area contributed by atoms with Crippen LogP contribution in [0.15, 0.2) is 18.2 Å². The van der Waals surface area contributed by atoms with Gasteiger partial charge in [0.25, 0.3) is 5.91 Å². The van der Waals surface area contributed by atoms with E-state index in [1.807, 2.05) is 38.7 Å². The number of rotatable bonds is 5. The standard InChI is InChI=1S/C17H26N2O2/c1-12(2)19-14-11-13(7-5-6-10-18)8-9-15(14)21-17(3,4)16(19)20/h8-9,11-12H,5-7,10,18H2,1-4H3.